The van der Waals surface area contributed by atoms with E-state index in [9.17, 15) is 4.79 Å². The molecule has 0 spiro atoms. The van der Waals surface area contributed by atoms with Crippen LogP contribution in [0.15, 0.2) is 41.3 Å². The highest BCUT2D eigenvalue weighted by molar-refractivity contribution is 9.10. The fraction of sp³-hybridized carbons (Fsp3) is 0. The number of ether oxygens (including phenoxy) is 1. The number of hydrogen-bond acceptors (Lipinski definition) is 4. The fourth-order valence-electron chi connectivity index (χ4n) is 1.22. The molecule has 0 fully saturated rings. The first-order chi connectivity index (χ1) is 8.16. The van der Waals surface area contributed by atoms with Crippen molar-refractivity contribution in [3.05, 3.63) is 46.8 Å². The molecule has 0 aromatic carbocycles. The van der Waals surface area contributed by atoms with Gasteiger partial charge in [0.25, 0.3) is 5.91 Å². The van der Waals surface area contributed by atoms with Crippen molar-refractivity contribution in [2.75, 3.05) is 0 Å². The summed E-state index contributed by atoms with van der Waals surface area (Å²) >= 11 is 3.27. The molecule has 2 rings (SSSR count). The molecule has 0 aliphatic carbocycles. The molecule has 0 unspecified atom stereocenters. The minimum absolute atomic E-state index is 0.167. The number of amides is 1. The number of pyridine rings is 2. The number of rotatable bonds is 3. The van der Waals surface area contributed by atoms with Gasteiger partial charge in [-0.15, -0.1) is 0 Å². The maximum absolute atomic E-state index is 11.2. The highest BCUT2D eigenvalue weighted by atomic mass is 79.9. The van der Waals surface area contributed by atoms with Crippen LogP contribution in [0.25, 0.3) is 0 Å². The molecule has 2 aromatic rings. The smallest absolute Gasteiger partial charge is 0.254 e. The van der Waals surface area contributed by atoms with Crippen LogP contribution >= 0.6 is 15.9 Å². The number of hydrogen-bond donors (Lipinski definition) is 1. The monoisotopic (exact) mass is 293 g/mol. The third-order valence-electron chi connectivity index (χ3n) is 1.93. The van der Waals surface area contributed by atoms with E-state index in [1.807, 2.05) is 0 Å². The van der Waals surface area contributed by atoms with Gasteiger partial charge < -0.3 is 10.5 Å². The van der Waals surface area contributed by atoms with E-state index in [2.05, 4.69) is 25.9 Å². The Balaban J connectivity index is 2.33. The van der Waals surface area contributed by atoms with Crippen LogP contribution in [0, 0.1) is 0 Å². The fourth-order valence-corrected chi connectivity index (χ4v) is 1.56. The van der Waals surface area contributed by atoms with Gasteiger partial charge in [-0.2, -0.15) is 0 Å². The quantitative estimate of drug-likeness (QED) is 0.940. The Morgan fingerprint density at radius 2 is 2.24 bits per heavy atom. The average molecular weight is 294 g/mol. The summed E-state index contributed by atoms with van der Waals surface area (Å²) in [4.78, 5) is 19.1. The van der Waals surface area contributed by atoms with Crippen molar-refractivity contribution in [1.82, 2.24) is 9.97 Å². The molecule has 6 heteroatoms. The summed E-state index contributed by atoms with van der Waals surface area (Å²) < 4.78 is 6.22. The summed E-state index contributed by atoms with van der Waals surface area (Å²) in [7, 11) is 0. The Hall–Kier alpha value is -1.95. The van der Waals surface area contributed by atoms with Gasteiger partial charge in [0.05, 0.1) is 6.20 Å². The standard InChI is InChI=1S/C11H8BrN3O2/c12-7-4-8(6-14-5-7)17-11-9(10(13)16)2-1-3-15-11/h1-6H,(H2,13,16). The molecular weight excluding hydrogens is 286 g/mol. The third kappa shape index (κ3) is 2.79. The predicted molar refractivity (Wildman–Crippen MR) is 64.8 cm³/mol. The molecule has 0 aliphatic heterocycles. The average Bonchev–Trinajstić information content (AvgIpc) is 2.29. The van der Waals surface area contributed by atoms with Gasteiger partial charge in [0.1, 0.15) is 11.3 Å². The Bertz CT molecular complexity index is 560. The van der Waals surface area contributed by atoms with Gasteiger partial charge in [-0.25, -0.2) is 4.98 Å². The van der Waals surface area contributed by atoms with Crippen LogP contribution in [-0.2, 0) is 0 Å². The van der Waals surface area contributed by atoms with E-state index >= 15 is 0 Å². The highest BCUT2D eigenvalue weighted by Crippen LogP contribution is 2.23. The van der Waals surface area contributed by atoms with E-state index in [1.54, 1.807) is 24.4 Å². The van der Waals surface area contributed by atoms with E-state index in [-0.39, 0.29) is 11.4 Å². The van der Waals surface area contributed by atoms with Crippen molar-refractivity contribution >= 4 is 21.8 Å². The third-order valence-corrected chi connectivity index (χ3v) is 2.36. The first kappa shape index (κ1) is 11.5. The normalized spacial score (nSPS) is 9.94. The lowest BCUT2D eigenvalue weighted by atomic mass is 10.2. The van der Waals surface area contributed by atoms with Gasteiger partial charge in [0.15, 0.2) is 0 Å². The van der Waals surface area contributed by atoms with Crippen LogP contribution in [0.5, 0.6) is 11.6 Å². The number of nitrogens with zero attached hydrogens (tertiary/aromatic N) is 2. The zero-order valence-electron chi connectivity index (χ0n) is 8.63. The summed E-state index contributed by atoms with van der Waals surface area (Å²) in [5, 5.41) is 0. The molecule has 2 heterocycles. The lowest BCUT2D eigenvalue weighted by molar-refractivity contribution is 0.0997. The number of carbonyl (C=O) groups is 1. The Labute approximate surface area is 106 Å². The molecule has 0 atom stereocenters. The Morgan fingerprint density at radius 1 is 1.41 bits per heavy atom. The second kappa shape index (κ2) is 4.92. The molecular formula is C11H8BrN3O2. The Kier molecular flexibility index (Phi) is 3.34. The lowest BCUT2D eigenvalue weighted by Gasteiger charge is -2.07. The topological polar surface area (TPSA) is 78.1 Å². The van der Waals surface area contributed by atoms with E-state index in [0.717, 1.165) is 4.47 Å². The van der Waals surface area contributed by atoms with Gasteiger partial charge in [0, 0.05) is 16.9 Å². The zero-order valence-corrected chi connectivity index (χ0v) is 10.2. The number of aromatic nitrogens is 2. The molecule has 1 amide bonds. The molecule has 0 bridgehead atoms. The molecule has 0 aliphatic rings. The van der Waals surface area contributed by atoms with Crippen LogP contribution < -0.4 is 10.5 Å². The maximum Gasteiger partial charge on any atom is 0.254 e. The minimum Gasteiger partial charge on any atom is -0.437 e. The van der Waals surface area contributed by atoms with Crippen LogP contribution in [-0.4, -0.2) is 15.9 Å². The first-order valence-corrected chi connectivity index (χ1v) is 5.49. The highest BCUT2D eigenvalue weighted by Gasteiger charge is 2.11. The number of carbonyl (C=O) groups excluding carboxylic acids is 1. The molecule has 5 nitrogen and oxygen atoms in total. The molecule has 2 aromatic heterocycles. The Morgan fingerprint density at radius 3 is 2.94 bits per heavy atom. The first-order valence-electron chi connectivity index (χ1n) is 4.70. The molecule has 0 saturated carbocycles. The van der Waals surface area contributed by atoms with Gasteiger partial charge >= 0.3 is 0 Å². The summed E-state index contributed by atoms with van der Waals surface area (Å²) in [5.74, 6) is 0.0523. The molecule has 17 heavy (non-hydrogen) atoms. The molecule has 86 valence electrons. The predicted octanol–water partition coefficient (Wildman–Crippen LogP) is 2.13. The van der Waals surface area contributed by atoms with E-state index in [1.165, 1.54) is 12.4 Å². The van der Waals surface area contributed by atoms with E-state index in [0.29, 0.717) is 5.75 Å². The van der Waals surface area contributed by atoms with E-state index < -0.39 is 5.91 Å². The van der Waals surface area contributed by atoms with Crippen LogP contribution in [0.4, 0.5) is 0 Å². The molecule has 0 radical (unpaired) electrons. The van der Waals surface area contributed by atoms with Crippen LogP contribution in [0.2, 0.25) is 0 Å². The van der Waals surface area contributed by atoms with E-state index in [4.69, 9.17) is 10.5 Å². The summed E-state index contributed by atoms with van der Waals surface area (Å²) in [6, 6.07) is 4.88. The minimum atomic E-state index is -0.587. The lowest BCUT2D eigenvalue weighted by Crippen LogP contribution is -2.12. The van der Waals surface area contributed by atoms with Gasteiger partial charge in [-0.3, -0.25) is 9.78 Å². The SMILES string of the molecule is NC(=O)c1cccnc1Oc1cncc(Br)c1. The van der Waals surface area contributed by atoms with Crippen LogP contribution in [0.3, 0.4) is 0 Å². The van der Waals surface area contributed by atoms with Crippen molar-refractivity contribution < 1.29 is 9.53 Å². The number of primary amides is 1. The maximum atomic E-state index is 11.2. The van der Waals surface area contributed by atoms with Crippen molar-refractivity contribution in [3.8, 4) is 11.6 Å². The second-order valence-corrected chi connectivity index (χ2v) is 4.08. The van der Waals surface area contributed by atoms with Crippen molar-refractivity contribution in [2.45, 2.75) is 0 Å². The van der Waals surface area contributed by atoms with Crippen molar-refractivity contribution in [2.24, 2.45) is 5.73 Å². The van der Waals surface area contributed by atoms with Gasteiger partial charge in [0.2, 0.25) is 5.88 Å². The summed E-state index contributed by atoms with van der Waals surface area (Å²) in [6.07, 6.45) is 4.66. The van der Waals surface area contributed by atoms with Gasteiger partial charge in [-0.1, -0.05) is 0 Å². The number of halogens is 1. The summed E-state index contributed by atoms with van der Waals surface area (Å²) in [6.45, 7) is 0. The van der Waals surface area contributed by atoms with Crippen LogP contribution in [0.1, 0.15) is 10.4 Å². The van der Waals surface area contributed by atoms with Crippen molar-refractivity contribution in [3.63, 3.8) is 0 Å². The second-order valence-electron chi connectivity index (χ2n) is 3.16. The zero-order chi connectivity index (χ0) is 12.3. The molecule has 2 N–H and O–H groups in total. The van der Waals surface area contributed by atoms with Gasteiger partial charge in [-0.05, 0) is 34.1 Å². The largest absolute Gasteiger partial charge is 0.437 e. The summed E-state index contributed by atoms with van der Waals surface area (Å²) in [5.41, 5.74) is 5.44. The number of nitrogens with two attached hydrogens (primary N) is 1. The van der Waals surface area contributed by atoms with Crippen molar-refractivity contribution in [1.29, 1.82) is 0 Å². The molecule has 0 saturated heterocycles.